The Morgan fingerprint density at radius 1 is 0.783 bits per heavy atom. The SMILES string of the molecule is Nc1ccc(N)c2c1C(=O)c1c(N)ccc(NCCO)c1C2=O. The summed E-state index contributed by atoms with van der Waals surface area (Å²) in [5, 5.41) is 11.9. The molecule has 0 spiro atoms. The third-order valence-corrected chi connectivity index (χ3v) is 3.84. The minimum absolute atomic E-state index is 0.0912. The maximum absolute atomic E-state index is 12.9. The molecule has 0 aromatic heterocycles. The number of fused-ring (bicyclic) bond motifs is 2. The molecule has 0 atom stereocenters. The molecule has 0 aliphatic heterocycles. The highest BCUT2D eigenvalue weighted by Gasteiger charge is 2.36. The van der Waals surface area contributed by atoms with Gasteiger partial charge in [-0.15, -0.1) is 0 Å². The van der Waals surface area contributed by atoms with Crippen molar-refractivity contribution in [3.8, 4) is 0 Å². The molecule has 0 heterocycles. The lowest BCUT2D eigenvalue weighted by molar-refractivity contribution is 0.0981. The Balaban J connectivity index is 2.31. The maximum Gasteiger partial charge on any atom is 0.198 e. The first-order chi connectivity index (χ1) is 11.0. The van der Waals surface area contributed by atoms with E-state index < -0.39 is 11.6 Å². The van der Waals surface area contributed by atoms with E-state index in [0.717, 1.165) is 0 Å². The Kier molecular flexibility index (Phi) is 3.42. The first-order valence-electron chi connectivity index (χ1n) is 7.02. The molecule has 0 fully saturated rings. The number of benzene rings is 2. The first kappa shape index (κ1) is 14.9. The van der Waals surface area contributed by atoms with Crippen molar-refractivity contribution in [3.05, 3.63) is 46.5 Å². The lowest BCUT2D eigenvalue weighted by atomic mass is 9.81. The first-order valence-corrected chi connectivity index (χ1v) is 7.02. The number of nitrogen functional groups attached to an aromatic ring is 3. The zero-order valence-electron chi connectivity index (χ0n) is 12.2. The zero-order valence-corrected chi connectivity index (χ0v) is 12.2. The van der Waals surface area contributed by atoms with Gasteiger partial charge in [0, 0.05) is 29.3 Å². The van der Waals surface area contributed by atoms with Gasteiger partial charge in [0.15, 0.2) is 11.6 Å². The average Bonchev–Trinajstić information content (AvgIpc) is 2.53. The van der Waals surface area contributed by atoms with Crippen molar-refractivity contribution in [1.29, 1.82) is 0 Å². The summed E-state index contributed by atoms with van der Waals surface area (Å²) in [6.07, 6.45) is 0. The van der Waals surface area contributed by atoms with Gasteiger partial charge in [0.1, 0.15) is 0 Å². The Labute approximate surface area is 132 Å². The van der Waals surface area contributed by atoms with Crippen LogP contribution < -0.4 is 22.5 Å². The zero-order chi connectivity index (χ0) is 16.7. The molecule has 7 heteroatoms. The summed E-state index contributed by atoms with van der Waals surface area (Å²) in [7, 11) is 0. The van der Waals surface area contributed by atoms with Gasteiger partial charge in [-0.05, 0) is 24.3 Å². The summed E-state index contributed by atoms with van der Waals surface area (Å²) in [4.78, 5) is 25.7. The number of carbonyl (C=O) groups is 2. The number of aliphatic hydroxyl groups excluding tert-OH is 1. The van der Waals surface area contributed by atoms with Crippen LogP contribution in [-0.4, -0.2) is 29.8 Å². The molecule has 8 N–H and O–H groups in total. The van der Waals surface area contributed by atoms with Crippen molar-refractivity contribution in [3.63, 3.8) is 0 Å². The third kappa shape index (κ3) is 2.09. The van der Waals surface area contributed by atoms with E-state index in [2.05, 4.69) is 5.32 Å². The van der Waals surface area contributed by atoms with Crippen molar-refractivity contribution in [2.24, 2.45) is 0 Å². The second-order valence-corrected chi connectivity index (χ2v) is 5.25. The minimum Gasteiger partial charge on any atom is -0.398 e. The van der Waals surface area contributed by atoms with E-state index >= 15 is 0 Å². The van der Waals surface area contributed by atoms with Crippen molar-refractivity contribution in [1.82, 2.24) is 0 Å². The van der Waals surface area contributed by atoms with E-state index in [1.807, 2.05) is 0 Å². The molecule has 0 unspecified atom stereocenters. The number of carbonyl (C=O) groups excluding carboxylic acids is 2. The van der Waals surface area contributed by atoms with Gasteiger partial charge in [-0.2, -0.15) is 0 Å². The molecule has 0 bridgehead atoms. The van der Waals surface area contributed by atoms with E-state index in [1.54, 1.807) is 6.07 Å². The van der Waals surface area contributed by atoms with Crippen LogP contribution in [0.4, 0.5) is 22.7 Å². The summed E-state index contributed by atoms with van der Waals surface area (Å²) in [5.74, 6) is -0.836. The number of nitrogens with two attached hydrogens (primary N) is 3. The van der Waals surface area contributed by atoms with Crippen LogP contribution in [0.2, 0.25) is 0 Å². The topological polar surface area (TPSA) is 144 Å². The van der Waals surface area contributed by atoms with Crippen LogP contribution in [0, 0.1) is 0 Å². The molecule has 2 aromatic carbocycles. The van der Waals surface area contributed by atoms with Crippen LogP contribution in [0.25, 0.3) is 0 Å². The molecule has 23 heavy (non-hydrogen) atoms. The van der Waals surface area contributed by atoms with Gasteiger partial charge in [-0.1, -0.05) is 0 Å². The second kappa shape index (κ2) is 5.29. The van der Waals surface area contributed by atoms with Gasteiger partial charge in [0.05, 0.1) is 28.9 Å². The van der Waals surface area contributed by atoms with Crippen molar-refractivity contribution >= 4 is 34.3 Å². The highest BCUT2D eigenvalue weighted by atomic mass is 16.3. The normalized spacial score (nSPS) is 12.7. The molecule has 1 aliphatic rings. The van der Waals surface area contributed by atoms with Crippen LogP contribution in [-0.2, 0) is 0 Å². The molecule has 118 valence electrons. The third-order valence-electron chi connectivity index (χ3n) is 3.84. The molecule has 0 amide bonds. The van der Waals surface area contributed by atoms with Gasteiger partial charge in [0.2, 0.25) is 0 Å². The number of ketones is 2. The highest BCUT2D eigenvalue weighted by molar-refractivity contribution is 6.34. The Bertz CT molecular complexity index is 846. The smallest absolute Gasteiger partial charge is 0.198 e. The molecule has 0 saturated carbocycles. The molecule has 7 nitrogen and oxygen atoms in total. The van der Waals surface area contributed by atoms with Crippen molar-refractivity contribution in [2.45, 2.75) is 0 Å². The van der Waals surface area contributed by atoms with Crippen LogP contribution in [0.1, 0.15) is 31.8 Å². The molecule has 3 rings (SSSR count). The largest absolute Gasteiger partial charge is 0.398 e. The number of hydrogen-bond donors (Lipinski definition) is 5. The Morgan fingerprint density at radius 3 is 1.74 bits per heavy atom. The Morgan fingerprint density at radius 2 is 1.22 bits per heavy atom. The quantitative estimate of drug-likeness (QED) is 0.445. The lowest BCUT2D eigenvalue weighted by Gasteiger charge is -2.24. The predicted molar refractivity (Wildman–Crippen MR) is 88.6 cm³/mol. The summed E-state index contributed by atoms with van der Waals surface area (Å²) >= 11 is 0. The van der Waals surface area contributed by atoms with Crippen LogP contribution >= 0.6 is 0 Å². The van der Waals surface area contributed by atoms with Crippen LogP contribution in [0.3, 0.4) is 0 Å². The highest BCUT2D eigenvalue weighted by Crippen LogP contribution is 2.39. The molecular weight excluding hydrogens is 296 g/mol. The Hall–Kier alpha value is -3.06. The van der Waals surface area contributed by atoms with E-state index in [9.17, 15) is 9.59 Å². The standard InChI is InChI=1S/C16H16N4O3/c17-7-1-2-8(18)12-11(7)15(22)13-9(19)3-4-10(20-5-6-21)14(13)16(12)23/h1-4,20-21H,5-6,17-19H2. The molecule has 0 radical (unpaired) electrons. The number of hydrogen-bond acceptors (Lipinski definition) is 7. The molecular formula is C16H16N4O3. The predicted octanol–water partition coefficient (Wildman–Crippen LogP) is 0.613. The second-order valence-electron chi connectivity index (χ2n) is 5.25. The minimum atomic E-state index is -0.426. The lowest BCUT2D eigenvalue weighted by Crippen LogP contribution is -2.26. The number of rotatable bonds is 3. The summed E-state index contributed by atoms with van der Waals surface area (Å²) < 4.78 is 0. The van der Waals surface area contributed by atoms with E-state index in [1.165, 1.54) is 18.2 Å². The summed E-state index contributed by atoms with van der Waals surface area (Å²) in [6.45, 7) is 0.115. The maximum atomic E-state index is 12.9. The number of nitrogens with one attached hydrogen (secondary N) is 1. The van der Waals surface area contributed by atoms with Gasteiger partial charge in [0.25, 0.3) is 0 Å². The average molecular weight is 312 g/mol. The molecule has 2 aromatic rings. The van der Waals surface area contributed by atoms with Crippen molar-refractivity contribution in [2.75, 3.05) is 35.7 Å². The van der Waals surface area contributed by atoms with Crippen LogP contribution in [0.15, 0.2) is 24.3 Å². The number of anilines is 4. The summed E-state index contributed by atoms with van der Waals surface area (Å²) in [6, 6.07) is 6.13. The van der Waals surface area contributed by atoms with Crippen LogP contribution in [0.5, 0.6) is 0 Å². The van der Waals surface area contributed by atoms with Gasteiger partial charge < -0.3 is 27.6 Å². The van der Waals surface area contributed by atoms with E-state index in [0.29, 0.717) is 5.69 Å². The summed E-state index contributed by atoms with van der Waals surface area (Å²) in [5.41, 5.74) is 19.1. The van der Waals surface area contributed by atoms with Gasteiger partial charge in [-0.3, -0.25) is 9.59 Å². The van der Waals surface area contributed by atoms with Gasteiger partial charge in [-0.25, -0.2) is 0 Å². The van der Waals surface area contributed by atoms with E-state index in [-0.39, 0.29) is 52.5 Å². The van der Waals surface area contributed by atoms with Gasteiger partial charge >= 0.3 is 0 Å². The fourth-order valence-electron chi connectivity index (χ4n) is 2.81. The molecule has 0 saturated heterocycles. The molecule has 1 aliphatic carbocycles. The van der Waals surface area contributed by atoms with Crippen molar-refractivity contribution < 1.29 is 14.7 Å². The monoisotopic (exact) mass is 312 g/mol. The fourth-order valence-corrected chi connectivity index (χ4v) is 2.81. The number of aliphatic hydroxyl groups is 1. The van der Waals surface area contributed by atoms with E-state index in [4.69, 9.17) is 22.3 Å². The fraction of sp³-hybridized carbons (Fsp3) is 0.125.